The summed E-state index contributed by atoms with van der Waals surface area (Å²) < 4.78 is 38.9. The van der Waals surface area contributed by atoms with Crippen molar-refractivity contribution in [3.63, 3.8) is 0 Å². The first-order valence-electron chi connectivity index (χ1n) is 10.8. The van der Waals surface area contributed by atoms with E-state index in [4.69, 9.17) is 5.26 Å². The van der Waals surface area contributed by atoms with Crippen molar-refractivity contribution in [1.29, 1.82) is 5.26 Å². The summed E-state index contributed by atoms with van der Waals surface area (Å²) in [6.45, 7) is 3.47. The lowest BCUT2D eigenvalue weighted by atomic mass is 9.96. The van der Waals surface area contributed by atoms with Crippen molar-refractivity contribution >= 4 is 26.4 Å². The van der Waals surface area contributed by atoms with Crippen molar-refractivity contribution < 1.29 is 22.8 Å². The zero-order valence-electron chi connectivity index (χ0n) is 17.8. The fourth-order valence-electron chi connectivity index (χ4n) is 4.18. The number of alkyl halides is 3. The Kier molecular flexibility index (Phi) is 8.13. The molecule has 0 saturated carbocycles. The van der Waals surface area contributed by atoms with Gasteiger partial charge in [0.2, 0.25) is 5.91 Å². The van der Waals surface area contributed by atoms with E-state index >= 15 is 0 Å². The molecule has 2 saturated heterocycles. The summed E-state index contributed by atoms with van der Waals surface area (Å²) in [6, 6.07) is 5.55. The van der Waals surface area contributed by atoms with Gasteiger partial charge in [0, 0.05) is 31.1 Å². The molecule has 1 atom stereocenters. The second-order valence-corrected chi connectivity index (χ2v) is 9.22. The molecule has 1 N–H and O–H groups in total. The van der Waals surface area contributed by atoms with E-state index < -0.39 is 17.6 Å². The number of carbonyl (C=O) groups excluding carboxylic acids is 2. The molecule has 2 fully saturated rings. The van der Waals surface area contributed by atoms with Crippen LogP contribution in [0.3, 0.4) is 0 Å². The van der Waals surface area contributed by atoms with Gasteiger partial charge in [0.1, 0.15) is 0 Å². The Bertz CT molecular complexity index is 871. The molecule has 0 bridgehead atoms. The summed E-state index contributed by atoms with van der Waals surface area (Å²) in [5.41, 5.74) is -0.864. The normalized spacial score (nSPS) is 18.9. The number of rotatable bonds is 5. The molecule has 6 nitrogen and oxygen atoms in total. The molecule has 2 amide bonds. The highest BCUT2D eigenvalue weighted by Crippen LogP contribution is 2.29. The van der Waals surface area contributed by atoms with Gasteiger partial charge in [0.05, 0.1) is 18.2 Å². The van der Waals surface area contributed by atoms with Crippen LogP contribution in [-0.2, 0) is 11.0 Å². The third-order valence-corrected chi connectivity index (χ3v) is 6.53. The maximum atomic E-state index is 13.0. The summed E-state index contributed by atoms with van der Waals surface area (Å²) in [5.74, 6) is -0.180. The lowest BCUT2D eigenvalue weighted by Gasteiger charge is -2.35. The number of nitrogens with zero attached hydrogens (tertiary/aromatic N) is 3. The monoisotopic (exact) mass is 468 g/mol. The van der Waals surface area contributed by atoms with Crippen LogP contribution in [0.25, 0.3) is 0 Å². The van der Waals surface area contributed by atoms with Gasteiger partial charge < -0.3 is 10.2 Å². The van der Waals surface area contributed by atoms with E-state index in [1.807, 2.05) is 4.90 Å². The standard InChI is InChI=1S/C22H28F3N4O2P/c23-22(24,25)18-9-17(10-19(32)11-18)21(31)27-13-16-3-7-29(8-4-16)20(30)14-28-5-1-15(12-26)2-6-28/h9-11,15-16H,1-8,13-14,32H2,(H,27,31). The molecule has 0 radical (unpaired) electrons. The van der Waals surface area contributed by atoms with Crippen LogP contribution in [0.15, 0.2) is 18.2 Å². The molecule has 0 spiro atoms. The fraction of sp³-hybridized carbons (Fsp3) is 0.591. The minimum absolute atomic E-state index is 0.0161. The number of hydrogen-bond acceptors (Lipinski definition) is 4. The molecule has 1 unspecified atom stereocenters. The minimum Gasteiger partial charge on any atom is -0.352 e. The van der Waals surface area contributed by atoms with Gasteiger partial charge in [-0.25, -0.2) is 0 Å². The topological polar surface area (TPSA) is 76.4 Å². The number of halogens is 3. The number of nitrogens with one attached hydrogen (secondary N) is 1. The third-order valence-electron chi connectivity index (χ3n) is 6.19. The lowest BCUT2D eigenvalue weighted by Crippen LogP contribution is -2.47. The van der Waals surface area contributed by atoms with Crippen molar-refractivity contribution in [2.45, 2.75) is 31.9 Å². The van der Waals surface area contributed by atoms with Crippen LogP contribution in [0.4, 0.5) is 13.2 Å². The first kappa shape index (κ1) is 24.5. The molecule has 32 heavy (non-hydrogen) atoms. The van der Waals surface area contributed by atoms with Crippen LogP contribution in [0.2, 0.25) is 0 Å². The first-order chi connectivity index (χ1) is 15.2. The smallest absolute Gasteiger partial charge is 0.352 e. The number of carbonyl (C=O) groups is 2. The Balaban J connectivity index is 1.43. The maximum absolute atomic E-state index is 13.0. The average Bonchev–Trinajstić information content (AvgIpc) is 2.77. The molecule has 1 aromatic carbocycles. The zero-order chi connectivity index (χ0) is 23.3. The second-order valence-electron chi connectivity index (χ2n) is 8.56. The zero-order valence-corrected chi connectivity index (χ0v) is 19.0. The Hall–Kier alpha value is -2.17. The van der Waals surface area contributed by atoms with E-state index in [9.17, 15) is 22.8 Å². The van der Waals surface area contributed by atoms with Crippen molar-refractivity contribution in [1.82, 2.24) is 15.1 Å². The van der Waals surface area contributed by atoms with Crippen LogP contribution in [0, 0.1) is 23.2 Å². The highest BCUT2D eigenvalue weighted by Gasteiger charge is 2.32. The molecule has 1 aromatic rings. The summed E-state index contributed by atoms with van der Waals surface area (Å²) in [6.07, 6.45) is -1.43. The van der Waals surface area contributed by atoms with Crippen LogP contribution < -0.4 is 10.6 Å². The van der Waals surface area contributed by atoms with Crippen LogP contribution >= 0.6 is 9.24 Å². The molecule has 0 aromatic heterocycles. The minimum atomic E-state index is -4.51. The summed E-state index contributed by atoms with van der Waals surface area (Å²) >= 11 is 0. The fourth-order valence-corrected chi connectivity index (χ4v) is 4.54. The molecule has 2 heterocycles. The predicted octanol–water partition coefficient (Wildman–Crippen LogP) is 2.41. The molecule has 0 aliphatic carbocycles. The van der Waals surface area contributed by atoms with Crippen molar-refractivity contribution in [2.75, 3.05) is 39.3 Å². The number of amides is 2. The molecular weight excluding hydrogens is 440 g/mol. The number of piperidine rings is 2. The quantitative estimate of drug-likeness (QED) is 0.674. The molecule has 10 heteroatoms. The van der Waals surface area contributed by atoms with E-state index in [0.717, 1.165) is 50.9 Å². The van der Waals surface area contributed by atoms with Gasteiger partial charge in [0.15, 0.2) is 0 Å². The first-order valence-corrected chi connectivity index (χ1v) is 11.4. The molecule has 2 aliphatic heterocycles. The van der Waals surface area contributed by atoms with E-state index in [0.29, 0.717) is 31.5 Å². The maximum Gasteiger partial charge on any atom is 0.416 e. The second kappa shape index (κ2) is 10.6. The number of benzene rings is 1. The van der Waals surface area contributed by atoms with Gasteiger partial charge in [-0.1, -0.05) is 0 Å². The van der Waals surface area contributed by atoms with Gasteiger partial charge in [-0.15, -0.1) is 9.24 Å². The third kappa shape index (κ3) is 6.66. The number of likely N-dealkylation sites (tertiary alicyclic amines) is 2. The van der Waals surface area contributed by atoms with E-state index in [1.54, 1.807) is 0 Å². The van der Waals surface area contributed by atoms with Gasteiger partial charge in [-0.05, 0) is 68.2 Å². The Morgan fingerprint density at radius 2 is 1.75 bits per heavy atom. The summed E-state index contributed by atoms with van der Waals surface area (Å²) in [7, 11) is 2.20. The van der Waals surface area contributed by atoms with Crippen molar-refractivity contribution in [3.8, 4) is 6.07 Å². The average molecular weight is 468 g/mol. The molecule has 2 aliphatic rings. The van der Waals surface area contributed by atoms with E-state index in [1.165, 1.54) is 6.07 Å². The molecule has 3 rings (SSSR count). The Morgan fingerprint density at radius 1 is 1.09 bits per heavy atom. The van der Waals surface area contributed by atoms with Gasteiger partial charge in [-0.2, -0.15) is 18.4 Å². The highest BCUT2D eigenvalue weighted by atomic mass is 31.0. The van der Waals surface area contributed by atoms with Gasteiger partial charge in [0.25, 0.3) is 5.91 Å². The largest absolute Gasteiger partial charge is 0.416 e. The SMILES string of the molecule is N#CC1CCN(CC(=O)N2CCC(CNC(=O)c3cc(P)cc(C(F)(F)F)c3)CC2)CC1. The van der Waals surface area contributed by atoms with Gasteiger partial charge >= 0.3 is 6.18 Å². The molecular formula is C22H28F3N4O2P. The predicted molar refractivity (Wildman–Crippen MR) is 117 cm³/mol. The summed E-state index contributed by atoms with van der Waals surface area (Å²) in [5, 5.41) is 12.0. The molecule has 174 valence electrons. The number of nitriles is 1. The van der Waals surface area contributed by atoms with Crippen LogP contribution in [0.1, 0.15) is 41.6 Å². The van der Waals surface area contributed by atoms with Crippen molar-refractivity contribution in [2.24, 2.45) is 11.8 Å². The van der Waals surface area contributed by atoms with Crippen LogP contribution in [-0.4, -0.2) is 60.9 Å². The Labute approximate surface area is 188 Å². The Morgan fingerprint density at radius 3 is 2.34 bits per heavy atom. The van der Waals surface area contributed by atoms with Crippen LogP contribution in [0.5, 0.6) is 0 Å². The van der Waals surface area contributed by atoms with Gasteiger partial charge in [-0.3, -0.25) is 14.5 Å². The lowest BCUT2D eigenvalue weighted by molar-refractivity contribution is -0.137. The van der Waals surface area contributed by atoms with Crippen molar-refractivity contribution in [3.05, 3.63) is 29.3 Å². The number of hydrogen-bond donors (Lipinski definition) is 1. The highest BCUT2D eigenvalue weighted by molar-refractivity contribution is 7.27. The van der Waals surface area contributed by atoms with E-state index in [-0.39, 0.29) is 23.3 Å². The summed E-state index contributed by atoms with van der Waals surface area (Å²) in [4.78, 5) is 28.9. The van der Waals surface area contributed by atoms with E-state index in [2.05, 4.69) is 25.5 Å².